The Bertz CT molecular complexity index is 1380. The number of nitrogens with zero attached hydrogens (tertiary/aromatic N) is 2. The Hall–Kier alpha value is -4.15. The molecule has 1 aromatic heterocycles. The highest BCUT2D eigenvalue weighted by Gasteiger charge is 2.35. The van der Waals surface area contributed by atoms with Crippen molar-refractivity contribution in [1.29, 1.82) is 0 Å². The third-order valence-electron chi connectivity index (χ3n) is 7.39. The van der Waals surface area contributed by atoms with Crippen molar-refractivity contribution < 1.29 is 0 Å². The Balaban J connectivity index is 0.000000210. The average molecular weight is 537 g/mol. The number of aromatic nitrogens is 2. The summed E-state index contributed by atoms with van der Waals surface area (Å²) in [6.45, 7) is 4.37. The molecule has 40 heavy (non-hydrogen) atoms. The molecule has 4 aromatic carbocycles. The van der Waals surface area contributed by atoms with Crippen molar-refractivity contribution in [1.82, 2.24) is 9.55 Å². The van der Waals surface area contributed by atoms with Crippen LogP contribution in [0.4, 0.5) is 0 Å². The highest BCUT2D eigenvalue weighted by Crippen LogP contribution is 2.34. The summed E-state index contributed by atoms with van der Waals surface area (Å²) in [6, 6.07) is 43.4. The van der Waals surface area contributed by atoms with Crippen LogP contribution in [0.15, 0.2) is 158 Å². The Morgan fingerprint density at radius 1 is 0.775 bits per heavy atom. The lowest BCUT2D eigenvalue weighted by Gasteiger charge is -2.37. The Kier molecular flexibility index (Phi) is 10.7. The van der Waals surface area contributed by atoms with Crippen LogP contribution in [-0.2, 0) is 5.16 Å². The van der Waals surface area contributed by atoms with Gasteiger partial charge in [-0.3, -0.25) is 0 Å². The SMILES string of the molecule is CC=C(C)CC[SiH2]C(c1ccccc1)(c1ccccc1)n1ccnc1.[B]C=C(c1ccccc1)c1ccccc1. The molecule has 0 spiro atoms. The zero-order valence-corrected chi connectivity index (χ0v) is 24.9. The number of rotatable bonds is 9. The molecule has 5 rings (SSSR count). The number of benzene rings is 4. The third kappa shape index (κ3) is 7.08. The maximum Gasteiger partial charge on any atom is 0.103 e. The van der Waals surface area contributed by atoms with Crippen LogP contribution in [-0.4, -0.2) is 26.9 Å². The molecule has 0 bridgehead atoms. The summed E-state index contributed by atoms with van der Waals surface area (Å²) in [7, 11) is 5.16. The molecule has 198 valence electrons. The standard InChI is InChI=1S/C22H26N2Si.C14H11B/c1-3-19(2)14-17-25-22(24-16-15-23-18-24,20-10-6-4-7-11-20)21-12-8-5-9-13-21;15-11-14(12-7-3-1-4-8-12)13-9-5-2-6-10-13/h3-13,15-16,18H,14,17,25H2,1-2H3;1-11H. The van der Waals surface area contributed by atoms with Gasteiger partial charge >= 0.3 is 0 Å². The summed E-state index contributed by atoms with van der Waals surface area (Å²) >= 11 is 0. The lowest BCUT2D eigenvalue weighted by molar-refractivity contribution is 0.590. The van der Waals surface area contributed by atoms with E-state index in [1.807, 2.05) is 48.9 Å². The second-order valence-corrected chi connectivity index (χ2v) is 12.1. The molecule has 0 N–H and O–H groups in total. The van der Waals surface area contributed by atoms with Gasteiger partial charge in [-0.25, -0.2) is 4.98 Å². The Labute approximate surface area is 243 Å². The van der Waals surface area contributed by atoms with Crippen molar-refractivity contribution in [3.63, 3.8) is 0 Å². The minimum atomic E-state index is -0.517. The fourth-order valence-corrected chi connectivity index (χ4v) is 7.90. The van der Waals surface area contributed by atoms with Gasteiger partial charge in [0.15, 0.2) is 0 Å². The van der Waals surface area contributed by atoms with Crippen LogP contribution < -0.4 is 0 Å². The van der Waals surface area contributed by atoms with Gasteiger partial charge in [0.05, 0.1) is 21.0 Å². The van der Waals surface area contributed by atoms with E-state index < -0.39 is 9.52 Å². The number of hydrogen-bond donors (Lipinski definition) is 0. The molecule has 2 radical (unpaired) electrons. The maximum absolute atomic E-state index is 5.67. The lowest BCUT2D eigenvalue weighted by Crippen LogP contribution is -2.41. The van der Waals surface area contributed by atoms with E-state index in [9.17, 15) is 0 Å². The topological polar surface area (TPSA) is 17.8 Å². The van der Waals surface area contributed by atoms with Crippen LogP contribution in [0.3, 0.4) is 0 Å². The summed E-state index contributed by atoms with van der Waals surface area (Å²) in [4.78, 5) is 4.37. The number of hydrogen-bond acceptors (Lipinski definition) is 1. The van der Waals surface area contributed by atoms with Gasteiger partial charge < -0.3 is 4.57 Å². The molecule has 0 amide bonds. The minimum absolute atomic E-state index is 0.0902. The maximum atomic E-state index is 5.67. The zero-order chi connectivity index (χ0) is 28.0. The van der Waals surface area contributed by atoms with Gasteiger partial charge in [-0.05, 0) is 48.1 Å². The zero-order valence-electron chi connectivity index (χ0n) is 23.5. The van der Waals surface area contributed by atoms with E-state index >= 15 is 0 Å². The van der Waals surface area contributed by atoms with E-state index in [2.05, 4.69) is 121 Å². The molecule has 0 saturated carbocycles. The fraction of sp³-hybridized carbons (Fsp3) is 0.139. The van der Waals surface area contributed by atoms with Gasteiger partial charge in [0, 0.05) is 12.4 Å². The highest BCUT2D eigenvalue weighted by atomic mass is 28.2. The predicted molar refractivity (Wildman–Crippen MR) is 174 cm³/mol. The summed E-state index contributed by atoms with van der Waals surface area (Å²) in [6.07, 6.45) is 9.41. The van der Waals surface area contributed by atoms with Crippen LogP contribution in [0.2, 0.25) is 6.04 Å². The normalized spacial score (nSPS) is 11.6. The van der Waals surface area contributed by atoms with E-state index in [4.69, 9.17) is 7.85 Å². The molecule has 5 aromatic rings. The van der Waals surface area contributed by atoms with Gasteiger partial charge in [0.2, 0.25) is 0 Å². The summed E-state index contributed by atoms with van der Waals surface area (Å²) in [5.41, 5.74) is 7.56. The fourth-order valence-electron chi connectivity index (χ4n) is 5.16. The molecule has 0 aliphatic rings. The first-order valence-electron chi connectivity index (χ1n) is 13.9. The first kappa shape index (κ1) is 28.8. The van der Waals surface area contributed by atoms with E-state index in [-0.39, 0.29) is 5.16 Å². The largest absolute Gasteiger partial charge is 0.327 e. The van der Waals surface area contributed by atoms with Gasteiger partial charge in [0.1, 0.15) is 7.85 Å². The van der Waals surface area contributed by atoms with Gasteiger partial charge in [-0.1, -0.05) is 139 Å². The van der Waals surface area contributed by atoms with Crippen molar-refractivity contribution >= 4 is 22.9 Å². The number of allylic oxidation sites excluding steroid dienone is 2. The molecule has 4 heteroatoms. The van der Waals surface area contributed by atoms with Crippen molar-refractivity contribution in [3.8, 4) is 0 Å². The summed E-state index contributed by atoms with van der Waals surface area (Å²) in [5.74, 6) is 1.66. The smallest absolute Gasteiger partial charge is 0.103 e. The molecule has 1 heterocycles. The van der Waals surface area contributed by atoms with Crippen LogP contribution in [0.25, 0.3) is 5.57 Å². The molecule has 0 saturated heterocycles. The van der Waals surface area contributed by atoms with Crippen molar-refractivity contribution in [3.05, 3.63) is 180 Å². The summed E-state index contributed by atoms with van der Waals surface area (Å²) in [5, 5.41) is -0.0902. The highest BCUT2D eigenvalue weighted by molar-refractivity contribution is 6.41. The molecular weight excluding hydrogens is 499 g/mol. The van der Waals surface area contributed by atoms with Crippen LogP contribution in [0.1, 0.15) is 42.5 Å². The second kappa shape index (κ2) is 14.9. The van der Waals surface area contributed by atoms with E-state index in [1.54, 1.807) is 5.98 Å². The van der Waals surface area contributed by atoms with E-state index in [1.165, 1.54) is 29.2 Å². The van der Waals surface area contributed by atoms with Crippen molar-refractivity contribution in [2.24, 2.45) is 0 Å². The van der Waals surface area contributed by atoms with Gasteiger partial charge in [-0.2, -0.15) is 0 Å². The van der Waals surface area contributed by atoms with Gasteiger partial charge in [-0.15, -0.1) is 5.98 Å². The van der Waals surface area contributed by atoms with Crippen LogP contribution in [0.5, 0.6) is 0 Å². The first-order valence-corrected chi connectivity index (χ1v) is 15.6. The molecule has 2 nitrogen and oxygen atoms in total. The second-order valence-electron chi connectivity index (χ2n) is 9.86. The van der Waals surface area contributed by atoms with E-state index in [0.717, 1.165) is 16.7 Å². The lowest BCUT2D eigenvalue weighted by atomic mass is 9.92. The molecule has 0 aliphatic carbocycles. The van der Waals surface area contributed by atoms with Crippen LogP contribution in [0, 0.1) is 0 Å². The van der Waals surface area contributed by atoms with Crippen LogP contribution >= 0.6 is 0 Å². The average Bonchev–Trinajstić information content (AvgIpc) is 3.58. The molecule has 0 aliphatic heterocycles. The monoisotopic (exact) mass is 536 g/mol. The number of imidazole rings is 1. The quantitative estimate of drug-likeness (QED) is 0.139. The van der Waals surface area contributed by atoms with Crippen molar-refractivity contribution in [2.75, 3.05) is 0 Å². The van der Waals surface area contributed by atoms with Crippen molar-refractivity contribution in [2.45, 2.75) is 31.5 Å². The predicted octanol–water partition coefficient (Wildman–Crippen LogP) is 7.82. The van der Waals surface area contributed by atoms with E-state index in [0.29, 0.717) is 0 Å². The molecule has 0 fully saturated rings. The Morgan fingerprint density at radius 3 is 1.65 bits per heavy atom. The summed E-state index contributed by atoms with van der Waals surface area (Å²) < 4.78 is 2.33. The molecule has 0 unspecified atom stereocenters. The third-order valence-corrected chi connectivity index (χ3v) is 10.00. The van der Waals surface area contributed by atoms with Gasteiger partial charge in [0.25, 0.3) is 0 Å². The minimum Gasteiger partial charge on any atom is -0.327 e. The first-order chi connectivity index (χ1) is 19.7. The Morgan fingerprint density at radius 2 is 1.25 bits per heavy atom. The molecule has 0 atom stereocenters. The molecular formula is C36H37BN2Si.